The van der Waals surface area contributed by atoms with Gasteiger partial charge in [0, 0.05) is 19.3 Å². The van der Waals surface area contributed by atoms with Crippen LogP contribution < -0.4 is 0 Å². The highest BCUT2D eigenvalue weighted by Gasteiger charge is 2.19. The molecule has 0 saturated carbocycles. The number of hydrogen-bond donors (Lipinski definition) is 0. The summed E-state index contributed by atoms with van der Waals surface area (Å²) in [5, 5.41) is 0. The predicted octanol–water partition coefficient (Wildman–Crippen LogP) is 19.6. The maximum Gasteiger partial charge on any atom is 0.306 e. The third-order valence-corrected chi connectivity index (χ3v) is 12.7. The van der Waals surface area contributed by atoms with Crippen molar-refractivity contribution in [1.29, 1.82) is 0 Å². The van der Waals surface area contributed by atoms with Crippen LogP contribution in [0.25, 0.3) is 0 Å². The molecule has 6 nitrogen and oxygen atoms in total. The van der Waals surface area contributed by atoms with E-state index in [2.05, 4.69) is 81.5 Å². The van der Waals surface area contributed by atoms with Crippen LogP contribution in [0, 0.1) is 0 Å². The van der Waals surface area contributed by atoms with E-state index in [0.717, 1.165) is 83.5 Å². The maximum absolute atomic E-state index is 12.9. The van der Waals surface area contributed by atoms with Gasteiger partial charge in [-0.05, 0) is 103 Å². The van der Waals surface area contributed by atoms with Gasteiger partial charge in [-0.2, -0.15) is 0 Å². The van der Waals surface area contributed by atoms with E-state index in [1.165, 1.54) is 173 Å². The third kappa shape index (κ3) is 54.1. The molecule has 0 aliphatic carbocycles. The highest BCUT2D eigenvalue weighted by molar-refractivity contribution is 5.71. The topological polar surface area (TPSA) is 78.9 Å². The molecule has 394 valence electrons. The standard InChI is InChI=1S/C62H110O6/c1-4-7-10-13-16-19-22-25-28-30-31-33-34-37-40-43-46-49-52-55-61(64)67-58-59(57-66-60(63)54-51-48-45-42-39-36-27-24-21-18-15-12-9-6-3)68-62(65)56-53-50-47-44-41-38-35-32-29-26-23-20-17-14-11-8-5-2/h15-16,18-19,24-29,59H,4-14,17,20-23,30-58H2,1-3H3/b18-15-,19-16-,27-24-,28-25-,29-26-. The number of carbonyl (C=O) groups is 3. The minimum Gasteiger partial charge on any atom is -0.462 e. The van der Waals surface area contributed by atoms with E-state index >= 15 is 0 Å². The molecular formula is C62H110O6. The van der Waals surface area contributed by atoms with Crippen LogP contribution in [-0.2, 0) is 28.6 Å². The Balaban J connectivity index is 4.38. The van der Waals surface area contributed by atoms with Crippen molar-refractivity contribution in [2.45, 2.75) is 303 Å². The van der Waals surface area contributed by atoms with E-state index in [1.54, 1.807) is 0 Å². The van der Waals surface area contributed by atoms with E-state index < -0.39 is 6.10 Å². The molecule has 0 heterocycles. The fourth-order valence-corrected chi connectivity index (χ4v) is 8.25. The van der Waals surface area contributed by atoms with Gasteiger partial charge >= 0.3 is 17.9 Å². The Hall–Kier alpha value is -2.89. The first-order valence-corrected chi connectivity index (χ1v) is 29.3. The summed E-state index contributed by atoms with van der Waals surface area (Å²) in [6, 6.07) is 0. The second-order valence-electron chi connectivity index (χ2n) is 19.5. The Morgan fingerprint density at radius 2 is 0.544 bits per heavy atom. The number of hydrogen-bond acceptors (Lipinski definition) is 6. The van der Waals surface area contributed by atoms with Crippen molar-refractivity contribution in [3.05, 3.63) is 60.8 Å². The Morgan fingerprint density at radius 1 is 0.294 bits per heavy atom. The predicted molar refractivity (Wildman–Crippen MR) is 293 cm³/mol. The van der Waals surface area contributed by atoms with Crippen molar-refractivity contribution < 1.29 is 28.6 Å². The van der Waals surface area contributed by atoms with Gasteiger partial charge in [-0.3, -0.25) is 14.4 Å². The second-order valence-corrected chi connectivity index (χ2v) is 19.5. The molecule has 0 aromatic rings. The quantitative estimate of drug-likeness (QED) is 0.0262. The lowest BCUT2D eigenvalue weighted by Gasteiger charge is -2.18. The van der Waals surface area contributed by atoms with Crippen molar-refractivity contribution in [2.24, 2.45) is 0 Å². The van der Waals surface area contributed by atoms with Crippen LogP contribution in [0.5, 0.6) is 0 Å². The SMILES string of the molecule is CCCC/C=C\C/C=C\CCCCCCCC(=O)OCC(COC(=O)CCCCCCCCCCC/C=C\C/C=C\CCCCC)OC(=O)CCCCCCCCC/C=C\CCCCCCCC. The van der Waals surface area contributed by atoms with Crippen LogP contribution in [0.4, 0.5) is 0 Å². The summed E-state index contributed by atoms with van der Waals surface area (Å²) in [6.45, 7) is 6.58. The Morgan fingerprint density at radius 3 is 0.897 bits per heavy atom. The lowest BCUT2D eigenvalue weighted by Crippen LogP contribution is -2.30. The van der Waals surface area contributed by atoms with Gasteiger partial charge in [0.15, 0.2) is 6.10 Å². The Bertz CT molecular complexity index is 1230. The molecule has 0 fully saturated rings. The zero-order valence-corrected chi connectivity index (χ0v) is 45.1. The first-order chi connectivity index (χ1) is 33.5. The van der Waals surface area contributed by atoms with E-state index in [0.29, 0.717) is 19.3 Å². The van der Waals surface area contributed by atoms with Crippen molar-refractivity contribution in [3.8, 4) is 0 Å². The van der Waals surface area contributed by atoms with Gasteiger partial charge in [0.2, 0.25) is 0 Å². The van der Waals surface area contributed by atoms with Crippen LogP contribution in [0.3, 0.4) is 0 Å². The lowest BCUT2D eigenvalue weighted by atomic mass is 10.1. The minimum absolute atomic E-state index is 0.0817. The van der Waals surface area contributed by atoms with Gasteiger partial charge in [0.05, 0.1) is 0 Å². The van der Waals surface area contributed by atoms with E-state index in [9.17, 15) is 14.4 Å². The molecule has 0 bridgehead atoms. The maximum atomic E-state index is 12.9. The van der Waals surface area contributed by atoms with Crippen LogP contribution in [0.15, 0.2) is 60.8 Å². The molecule has 0 saturated heterocycles. The molecule has 0 N–H and O–H groups in total. The average molecular weight is 952 g/mol. The molecule has 0 aliphatic rings. The van der Waals surface area contributed by atoms with Crippen molar-refractivity contribution in [2.75, 3.05) is 13.2 Å². The average Bonchev–Trinajstić information content (AvgIpc) is 3.34. The highest BCUT2D eigenvalue weighted by atomic mass is 16.6. The summed E-state index contributed by atoms with van der Waals surface area (Å²) in [7, 11) is 0. The summed E-state index contributed by atoms with van der Waals surface area (Å²) in [5.41, 5.74) is 0. The fourth-order valence-electron chi connectivity index (χ4n) is 8.25. The summed E-state index contributed by atoms with van der Waals surface area (Å²) in [4.78, 5) is 38.2. The summed E-state index contributed by atoms with van der Waals surface area (Å²) < 4.78 is 16.9. The summed E-state index contributed by atoms with van der Waals surface area (Å²) >= 11 is 0. The van der Waals surface area contributed by atoms with Crippen LogP contribution in [0.1, 0.15) is 297 Å². The second kappa shape index (κ2) is 56.7. The normalized spacial score (nSPS) is 12.5. The molecule has 0 aromatic heterocycles. The largest absolute Gasteiger partial charge is 0.462 e. The van der Waals surface area contributed by atoms with Crippen molar-refractivity contribution in [1.82, 2.24) is 0 Å². The van der Waals surface area contributed by atoms with Crippen LogP contribution in [0.2, 0.25) is 0 Å². The van der Waals surface area contributed by atoms with E-state index in [4.69, 9.17) is 14.2 Å². The molecule has 68 heavy (non-hydrogen) atoms. The molecule has 0 radical (unpaired) electrons. The number of allylic oxidation sites excluding steroid dienone is 10. The first kappa shape index (κ1) is 65.1. The number of rotatable bonds is 53. The lowest BCUT2D eigenvalue weighted by molar-refractivity contribution is -0.167. The molecule has 6 heteroatoms. The van der Waals surface area contributed by atoms with Gasteiger partial charge in [-0.25, -0.2) is 0 Å². The molecule has 1 unspecified atom stereocenters. The van der Waals surface area contributed by atoms with Crippen LogP contribution in [-0.4, -0.2) is 37.2 Å². The Kier molecular flexibility index (Phi) is 54.3. The molecule has 0 rings (SSSR count). The summed E-state index contributed by atoms with van der Waals surface area (Å²) in [5.74, 6) is -0.893. The van der Waals surface area contributed by atoms with E-state index in [1.807, 2.05) is 0 Å². The monoisotopic (exact) mass is 951 g/mol. The van der Waals surface area contributed by atoms with E-state index in [-0.39, 0.29) is 31.1 Å². The molecule has 0 aliphatic heterocycles. The molecular weight excluding hydrogens is 841 g/mol. The number of carbonyl (C=O) groups excluding carboxylic acids is 3. The Labute approximate surface area is 421 Å². The van der Waals surface area contributed by atoms with Gasteiger partial charge in [0.1, 0.15) is 13.2 Å². The zero-order chi connectivity index (χ0) is 49.3. The van der Waals surface area contributed by atoms with Gasteiger partial charge in [0.25, 0.3) is 0 Å². The number of esters is 3. The van der Waals surface area contributed by atoms with Gasteiger partial charge in [-0.15, -0.1) is 0 Å². The molecule has 0 spiro atoms. The third-order valence-electron chi connectivity index (χ3n) is 12.7. The molecule has 0 amide bonds. The first-order valence-electron chi connectivity index (χ1n) is 29.3. The van der Waals surface area contributed by atoms with Crippen LogP contribution >= 0.6 is 0 Å². The molecule has 1 atom stereocenters. The molecule has 0 aromatic carbocycles. The van der Waals surface area contributed by atoms with Gasteiger partial charge < -0.3 is 14.2 Å². The zero-order valence-electron chi connectivity index (χ0n) is 45.1. The van der Waals surface area contributed by atoms with Gasteiger partial charge in [-0.1, -0.05) is 236 Å². The number of unbranched alkanes of at least 4 members (excludes halogenated alkanes) is 32. The minimum atomic E-state index is -0.784. The van der Waals surface area contributed by atoms with Crippen molar-refractivity contribution >= 4 is 17.9 Å². The highest BCUT2D eigenvalue weighted by Crippen LogP contribution is 2.15. The summed E-state index contributed by atoms with van der Waals surface area (Å²) in [6.07, 6.45) is 70.6. The fraction of sp³-hybridized carbons (Fsp3) is 0.790. The van der Waals surface area contributed by atoms with Crippen molar-refractivity contribution in [3.63, 3.8) is 0 Å². The number of ether oxygens (including phenoxy) is 3. The smallest absolute Gasteiger partial charge is 0.306 e.